The fraction of sp³-hybridized carbons (Fsp3) is 0.389. The maximum atomic E-state index is 12.9. The normalized spacial score (nSPS) is 20.9. The first-order valence-corrected chi connectivity index (χ1v) is 7.66. The Hall–Kier alpha value is -2.43. The molecule has 5 heteroatoms. The minimum atomic E-state index is -1.34. The molecule has 0 aliphatic carbocycles. The van der Waals surface area contributed by atoms with Crippen molar-refractivity contribution >= 4 is 17.8 Å². The number of benzene rings is 1. The van der Waals surface area contributed by atoms with Gasteiger partial charge in [0.25, 0.3) is 0 Å². The van der Waals surface area contributed by atoms with Crippen LogP contribution in [0.2, 0.25) is 0 Å². The predicted octanol–water partition coefficient (Wildman–Crippen LogP) is 2.11. The SMILES string of the molecule is C=CCOC(=O)C1(Cc2ccccc2)CCCN(C(C)=O)C1=O. The molecule has 122 valence electrons. The Labute approximate surface area is 135 Å². The summed E-state index contributed by atoms with van der Waals surface area (Å²) in [4.78, 5) is 38.4. The molecule has 0 spiro atoms. The van der Waals surface area contributed by atoms with Crippen molar-refractivity contribution in [3.8, 4) is 0 Å². The molecule has 1 aliphatic heterocycles. The number of piperidine rings is 1. The van der Waals surface area contributed by atoms with Crippen LogP contribution in [-0.4, -0.2) is 35.8 Å². The number of carbonyl (C=O) groups excluding carboxylic acids is 3. The van der Waals surface area contributed by atoms with Crippen LogP contribution in [0.3, 0.4) is 0 Å². The van der Waals surface area contributed by atoms with Crippen molar-refractivity contribution in [3.63, 3.8) is 0 Å². The fourth-order valence-corrected chi connectivity index (χ4v) is 2.95. The van der Waals surface area contributed by atoms with E-state index in [1.165, 1.54) is 13.0 Å². The van der Waals surface area contributed by atoms with Crippen LogP contribution < -0.4 is 0 Å². The minimum absolute atomic E-state index is 0.0444. The molecule has 1 aliphatic rings. The number of esters is 1. The first kappa shape index (κ1) is 16.9. The standard InChI is InChI=1S/C18H21NO4/c1-3-12-23-17(22)18(13-15-8-5-4-6-9-15)10-7-11-19(14(2)20)16(18)21/h3-6,8-9H,1,7,10-13H2,2H3. The minimum Gasteiger partial charge on any atom is -0.461 e. The van der Waals surface area contributed by atoms with Crippen LogP contribution in [0.4, 0.5) is 0 Å². The summed E-state index contributed by atoms with van der Waals surface area (Å²) in [7, 11) is 0. The third-order valence-corrected chi connectivity index (χ3v) is 4.09. The smallest absolute Gasteiger partial charge is 0.322 e. The van der Waals surface area contributed by atoms with Gasteiger partial charge in [0.1, 0.15) is 6.61 Å². The van der Waals surface area contributed by atoms with Crippen LogP contribution in [0.15, 0.2) is 43.0 Å². The number of likely N-dealkylation sites (tertiary alicyclic amines) is 1. The van der Waals surface area contributed by atoms with Gasteiger partial charge in [0.05, 0.1) is 0 Å². The number of rotatable bonds is 5. The van der Waals surface area contributed by atoms with Crippen LogP contribution in [0, 0.1) is 5.41 Å². The lowest BCUT2D eigenvalue weighted by atomic mass is 9.74. The van der Waals surface area contributed by atoms with Gasteiger partial charge in [-0.15, -0.1) is 0 Å². The molecule has 1 atom stereocenters. The van der Waals surface area contributed by atoms with E-state index in [1.807, 2.05) is 30.3 Å². The Morgan fingerprint density at radius 3 is 2.65 bits per heavy atom. The van der Waals surface area contributed by atoms with Gasteiger partial charge in [-0.05, 0) is 24.8 Å². The molecule has 1 fully saturated rings. The molecule has 2 rings (SSSR count). The molecular formula is C18H21NO4. The molecule has 1 heterocycles. The van der Waals surface area contributed by atoms with E-state index in [0.29, 0.717) is 19.4 Å². The van der Waals surface area contributed by atoms with Crippen molar-refractivity contribution in [3.05, 3.63) is 48.6 Å². The van der Waals surface area contributed by atoms with Crippen molar-refractivity contribution < 1.29 is 19.1 Å². The Bertz CT molecular complexity index is 611. The number of hydrogen-bond acceptors (Lipinski definition) is 4. The third kappa shape index (κ3) is 3.50. The highest BCUT2D eigenvalue weighted by molar-refractivity contribution is 6.09. The van der Waals surface area contributed by atoms with Crippen molar-refractivity contribution in [1.29, 1.82) is 0 Å². The van der Waals surface area contributed by atoms with Crippen molar-refractivity contribution in [2.75, 3.05) is 13.2 Å². The van der Waals surface area contributed by atoms with Gasteiger partial charge in [0.2, 0.25) is 11.8 Å². The highest BCUT2D eigenvalue weighted by atomic mass is 16.5. The maximum Gasteiger partial charge on any atom is 0.322 e. The van der Waals surface area contributed by atoms with Gasteiger partial charge >= 0.3 is 5.97 Å². The summed E-state index contributed by atoms with van der Waals surface area (Å²) in [5, 5.41) is 0. The number of imide groups is 1. The van der Waals surface area contributed by atoms with Crippen LogP contribution in [0.25, 0.3) is 0 Å². The first-order chi connectivity index (χ1) is 11.0. The predicted molar refractivity (Wildman–Crippen MR) is 85.4 cm³/mol. The molecular weight excluding hydrogens is 294 g/mol. The molecule has 1 aromatic rings. The van der Waals surface area contributed by atoms with Crippen LogP contribution in [0.5, 0.6) is 0 Å². The van der Waals surface area contributed by atoms with E-state index in [2.05, 4.69) is 6.58 Å². The van der Waals surface area contributed by atoms with E-state index >= 15 is 0 Å². The zero-order chi connectivity index (χ0) is 16.9. The van der Waals surface area contributed by atoms with Gasteiger partial charge in [-0.3, -0.25) is 19.3 Å². The molecule has 5 nitrogen and oxygen atoms in total. The van der Waals surface area contributed by atoms with Gasteiger partial charge in [0, 0.05) is 13.5 Å². The van der Waals surface area contributed by atoms with Crippen molar-refractivity contribution in [2.24, 2.45) is 5.41 Å². The summed E-state index contributed by atoms with van der Waals surface area (Å²) < 4.78 is 5.19. The molecule has 0 saturated carbocycles. The van der Waals surface area contributed by atoms with Gasteiger partial charge in [-0.2, -0.15) is 0 Å². The zero-order valence-electron chi connectivity index (χ0n) is 13.3. The zero-order valence-corrected chi connectivity index (χ0v) is 13.3. The topological polar surface area (TPSA) is 63.7 Å². The Kier molecular flexibility index (Phi) is 5.32. The molecule has 2 amide bonds. The van der Waals surface area contributed by atoms with E-state index in [4.69, 9.17) is 4.74 Å². The van der Waals surface area contributed by atoms with E-state index in [9.17, 15) is 14.4 Å². The summed E-state index contributed by atoms with van der Waals surface area (Å²) >= 11 is 0. The molecule has 1 aromatic carbocycles. The summed E-state index contributed by atoms with van der Waals surface area (Å²) in [6.07, 6.45) is 2.65. The van der Waals surface area contributed by atoms with Gasteiger partial charge in [-0.25, -0.2) is 0 Å². The second-order valence-corrected chi connectivity index (χ2v) is 5.71. The molecule has 0 N–H and O–H groups in total. The molecule has 0 aromatic heterocycles. The monoisotopic (exact) mass is 315 g/mol. The molecule has 0 radical (unpaired) electrons. The highest BCUT2D eigenvalue weighted by Crippen LogP contribution is 2.36. The van der Waals surface area contributed by atoms with Crippen molar-refractivity contribution in [1.82, 2.24) is 4.90 Å². The average molecular weight is 315 g/mol. The van der Waals surface area contributed by atoms with E-state index in [1.54, 1.807) is 0 Å². The Balaban J connectivity index is 2.37. The summed E-state index contributed by atoms with van der Waals surface area (Å²) in [5.41, 5.74) is -0.476. The first-order valence-electron chi connectivity index (χ1n) is 7.66. The number of carbonyl (C=O) groups is 3. The Morgan fingerprint density at radius 1 is 1.35 bits per heavy atom. The van der Waals surface area contributed by atoms with E-state index in [0.717, 1.165) is 10.5 Å². The molecule has 23 heavy (non-hydrogen) atoms. The van der Waals surface area contributed by atoms with Gasteiger partial charge < -0.3 is 4.74 Å². The number of ether oxygens (including phenoxy) is 1. The summed E-state index contributed by atoms with van der Waals surface area (Å²) in [6, 6.07) is 9.31. The number of hydrogen-bond donors (Lipinski definition) is 0. The van der Waals surface area contributed by atoms with Gasteiger partial charge in [-0.1, -0.05) is 43.0 Å². The highest BCUT2D eigenvalue weighted by Gasteiger charge is 2.52. The van der Waals surface area contributed by atoms with Crippen molar-refractivity contribution in [2.45, 2.75) is 26.2 Å². The number of amides is 2. The second kappa shape index (κ2) is 7.22. The lowest BCUT2D eigenvalue weighted by molar-refractivity contribution is -0.170. The molecule has 1 saturated heterocycles. The average Bonchev–Trinajstić information content (AvgIpc) is 2.55. The lowest BCUT2D eigenvalue weighted by Crippen LogP contribution is -2.55. The van der Waals surface area contributed by atoms with Crippen LogP contribution in [-0.2, 0) is 25.5 Å². The number of nitrogens with zero attached hydrogens (tertiary/aromatic N) is 1. The molecule has 1 unspecified atom stereocenters. The lowest BCUT2D eigenvalue weighted by Gasteiger charge is -2.38. The fourth-order valence-electron chi connectivity index (χ4n) is 2.95. The second-order valence-electron chi connectivity index (χ2n) is 5.71. The van der Waals surface area contributed by atoms with Crippen LogP contribution >= 0.6 is 0 Å². The summed E-state index contributed by atoms with van der Waals surface area (Å²) in [5.74, 6) is -1.39. The maximum absolute atomic E-state index is 12.9. The van der Waals surface area contributed by atoms with Crippen LogP contribution in [0.1, 0.15) is 25.3 Å². The largest absolute Gasteiger partial charge is 0.461 e. The Morgan fingerprint density at radius 2 is 2.04 bits per heavy atom. The van der Waals surface area contributed by atoms with E-state index < -0.39 is 17.3 Å². The quantitative estimate of drug-likeness (QED) is 0.474. The van der Waals surface area contributed by atoms with E-state index in [-0.39, 0.29) is 18.9 Å². The third-order valence-electron chi connectivity index (χ3n) is 4.09. The summed E-state index contributed by atoms with van der Waals surface area (Å²) in [6.45, 7) is 5.25. The van der Waals surface area contributed by atoms with Gasteiger partial charge in [0.15, 0.2) is 5.41 Å². The molecule has 0 bridgehead atoms.